The molecule has 1 aromatic rings. The highest BCUT2D eigenvalue weighted by atomic mass is 32.1. The van der Waals surface area contributed by atoms with Gasteiger partial charge in [-0.2, -0.15) is 0 Å². The Labute approximate surface area is 143 Å². The van der Waals surface area contributed by atoms with Crippen molar-refractivity contribution in [3.8, 4) is 0 Å². The molecule has 0 unspecified atom stereocenters. The quantitative estimate of drug-likeness (QED) is 0.345. The van der Waals surface area contributed by atoms with E-state index in [1.165, 1.54) is 11.3 Å². The number of nitrogens with one attached hydrogen (secondary N) is 2. The van der Waals surface area contributed by atoms with Gasteiger partial charge in [0.15, 0.2) is 5.96 Å². The predicted octanol–water partition coefficient (Wildman–Crippen LogP) is 1.99. The van der Waals surface area contributed by atoms with Gasteiger partial charge in [-0.1, -0.05) is 13.3 Å². The maximum absolute atomic E-state index is 5.51. The lowest BCUT2D eigenvalue weighted by molar-refractivity contribution is 0.0487. The first-order valence-corrected chi connectivity index (χ1v) is 9.09. The molecule has 0 atom stereocenters. The molecule has 0 saturated heterocycles. The van der Waals surface area contributed by atoms with Crippen LogP contribution >= 0.6 is 11.3 Å². The van der Waals surface area contributed by atoms with Crippen LogP contribution in [0.4, 0.5) is 0 Å². The minimum absolute atomic E-state index is 0.640. The number of ether oxygens (including phenoxy) is 2. The molecule has 0 amide bonds. The number of hydrogen-bond acceptors (Lipinski definition) is 5. The van der Waals surface area contributed by atoms with Gasteiger partial charge in [0.05, 0.1) is 24.8 Å². The molecule has 0 bridgehead atoms. The van der Waals surface area contributed by atoms with Gasteiger partial charge in [0, 0.05) is 44.2 Å². The normalized spacial score (nSPS) is 11.7. The number of guanidine groups is 1. The van der Waals surface area contributed by atoms with Crippen LogP contribution in [-0.2, 0) is 15.9 Å². The number of rotatable bonds is 12. The van der Waals surface area contributed by atoms with E-state index in [1.54, 1.807) is 18.4 Å². The Kier molecular flexibility index (Phi) is 11.5. The van der Waals surface area contributed by atoms with Crippen LogP contribution in [0.1, 0.15) is 29.7 Å². The highest BCUT2D eigenvalue weighted by Crippen LogP contribution is 2.10. The highest BCUT2D eigenvalue weighted by Gasteiger charge is 2.00. The molecule has 1 aromatic heterocycles. The van der Waals surface area contributed by atoms with Crippen LogP contribution in [0.15, 0.2) is 11.2 Å². The first kappa shape index (κ1) is 19.9. The van der Waals surface area contributed by atoms with Gasteiger partial charge in [0.2, 0.25) is 0 Å². The summed E-state index contributed by atoms with van der Waals surface area (Å²) in [6.07, 6.45) is 5.10. The monoisotopic (exact) mass is 342 g/mol. The fourth-order valence-electron chi connectivity index (χ4n) is 1.84. The number of aromatic nitrogens is 1. The van der Waals surface area contributed by atoms with Gasteiger partial charge in [-0.3, -0.25) is 4.99 Å². The molecule has 132 valence electrons. The summed E-state index contributed by atoms with van der Waals surface area (Å²) in [5.74, 6) is 0.793. The Morgan fingerprint density at radius 1 is 1.17 bits per heavy atom. The summed E-state index contributed by atoms with van der Waals surface area (Å²) in [5.41, 5.74) is 0. The minimum atomic E-state index is 0.640. The van der Waals surface area contributed by atoms with E-state index in [1.807, 2.05) is 6.20 Å². The molecule has 6 nitrogen and oxygen atoms in total. The Hall–Kier alpha value is -1.18. The Morgan fingerprint density at radius 2 is 1.91 bits per heavy atom. The molecular formula is C16H30N4O2S. The topological polar surface area (TPSA) is 67.8 Å². The standard InChI is InChI=1S/C16H30N4O2S/c1-4-5-9-21-11-12-22-10-8-19-16(17-3)18-7-6-15-20-13-14(2)23-15/h13H,4-12H2,1-3H3,(H2,17,18,19). The van der Waals surface area contributed by atoms with E-state index in [9.17, 15) is 0 Å². The van der Waals surface area contributed by atoms with E-state index in [4.69, 9.17) is 9.47 Å². The molecule has 7 heteroatoms. The van der Waals surface area contributed by atoms with Crippen molar-refractivity contribution >= 4 is 17.3 Å². The van der Waals surface area contributed by atoms with Crippen LogP contribution in [0, 0.1) is 6.92 Å². The van der Waals surface area contributed by atoms with Crippen molar-refractivity contribution in [3.05, 3.63) is 16.1 Å². The van der Waals surface area contributed by atoms with Crippen molar-refractivity contribution in [3.63, 3.8) is 0 Å². The molecule has 0 aliphatic heterocycles. The molecule has 0 aliphatic carbocycles. The van der Waals surface area contributed by atoms with Crippen LogP contribution in [-0.4, -0.2) is 57.5 Å². The van der Waals surface area contributed by atoms with Gasteiger partial charge >= 0.3 is 0 Å². The molecule has 0 aliphatic rings. The maximum Gasteiger partial charge on any atom is 0.191 e. The van der Waals surface area contributed by atoms with E-state index in [-0.39, 0.29) is 0 Å². The molecule has 1 heterocycles. The molecule has 1 rings (SSSR count). The zero-order valence-electron chi connectivity index (χ0n) is 14.6. The first-order chi connectivity index (χ1) is 11.3. The van der Waals surface area contributed by atoms with Gasteiger partial charge in [0.1, 0.15) is 0 Å². The molecule has 0 aromatic carbocycles. The number of aliphatic imine (C=N–C) groups is 1. The second-order valence-corrected chi connectivity index (χ2v) is 6.44. The third-order valence-corrected chi connectivity index (χ3v) is 4.05. The fraction of sp³-hybridized carbons (Fsp3) is 0.750. The molecule has 2 N–H and O–H groups in total. The summed E-state index contributed by atoms with van der Waals surface area (Å²) < 4.78 is 10.9. The third-order valence-electron chi connectivity index (χ3n) is 3.08. The molecule has 0 radical (unpaired) electrons. The zero-order chi connectivity index (χ0) is 16.8. The number of hydrogen-bond donors (Lipinski definition) is 2. The van der Waals surface area contributed by atoms with Gasteiger partial charge in [-0.05, 0) is 13.3 Å². The van der Waals surface area contributed by atoms with Crippen molar-refractivity contribution in [1.29, 1.82) is 0 Å². The SMILES string of the molecule is CCCCOCCOCCNC(=NC)NCCc1ncc(C)s1. The smallest absolute Gasteiger partial charge is 0.191 e. The van der Waals surface area contributed by atoms with Gasteiger partial charge in [0.25, 0.3) is 0 Å². The van der Waals surface area contributed by atoms with Crippen LogP contribution in [0.5, 0.6) is 0 Å². The Morgan fingerprint density at radius 3 is 2.57 bits per heavy atom. The van der Waals surface area contributed by atoms with Crippen molar-refractivity contribution in [2.75, 3.05) is 46.6 Å². The van der Waals surface area contributed by atoms with E-state index in [0.29, 0.717) is 19.8 Å². The van der Waals surface area contributed by atoms with Crippen molar-refractivity contribution < 1.29 is 9.47 Å². The second-order valence-electron chi connectivity index (χ2n) is 5.12. The first-order valence-electron chi connectivity index (χ1n) is 8.27. The number of aryl methyl sites for hydroxylation is 1. The number of thiazole rings is 1. The zero-order valence-corrected chi connectivity index (χ0v) is 15.4. The molecule has 0 fully saturated rings. The number of nitrogens with zero attached hydrogens (tertiary/aromatic N) is 2. The van der Waals surface area contributed by atoms with Gasteiger partial charge in [-0.15, -0.1) is 11.3 Å². The van der Waals surface area contributed by atoms with Crippen LogP contribution < -0.4 is 10.6 Å². The second kappa shape index (κ2) is 13.3. The van der Waals surface area contributed by atoms with Gasteiger partial charge < -0.3 is 20.1 Å². The summed E-state index contributed by atoms with van der Waals surface area (Å²) >= 11 is 1.74. The van der Waals surface area contributed by atoms with E-state index >= 15 is 0 Å². The number of unbranched alkanes of at least 4 members (excludes halogenated alkanes) is 1. The lowest BCUT2D eigenvalue weighted by Crippen LogP contribution is -2.39. The summed E-state index contributed by atoms with van der Waals surface area (Å²) in [6, 6.07) is 0. The summed E-state index contributed by atoms with van der Waals surface area (Å²) in [5, 5.41) is 7.66. The molecular weight excluding hydrogens is 312 g/mol. The van der Waals surface area contributed by atoms with Gasteiger partial charge in [-0.25, -0.2) is 4.98 Å². The summed E-state index contributed by atoms with van der Waals surface area (Å²) in [7, 11) is 1.77. The molecule has 0 spiro atoms. The van der Waals surface area contributed by atoms with E-state index in [2.05, 4.69) is 34.5 Å². The lowest BCUT2D eigenvalue weighted by atomic mass is 10.4. The van der Waals surface area contributed by atoms with Crippen LogP contribution in [0.3, 0.4) is 0 Å². The van der Waals surface area contributed by atoms with Crippen LogP contribution in [0.2, 0.25) is 0 Å². The van der Waals surface area contributed by atoms with Crippen molar-refractivity contribution in [2.24, 2.45) is 4.99 Å². The average molecular weight is 343 g/mol. The third kappa shape index (κ3) is 10.3. The Balaban J connectivity index is 1.97. The fourth-order valence-corrected chi connectivity index (χ4v) is 2.62. The average Bonchev–Trinajstić information content (AvgIpc) is 2.97. The summed E-state index contributed by atoms with van der Waals surface area (Å²) in [4.78, 5) is 9.79. The lowest BCUT2D eigenvalue weighted by Gasteiger charge is -2.11. The highest BCUT2D eigenvalue weighted by molar-refractivity contribution is 7.11. The van der Waals surface area contributed by atoms with E-state index < -0.39 is 0 Å². The minimum Gasteiger partial charge on any atom is -0.379 e. The maximum atomic E-state index is 5.51. The van der Waals surface area contributed by atoms with Crippen molar-refractivity contribution in [2.45, 2.75) is 33.1 Å². The van der Waals surface area contributed by atoms with Crippen molar-refractivity contribution in [1.82, 2.24) is 15.6 Å². The Bertz CT molecular complexity index is 437. The molecule has 23 heavy (non-hydrogen) atoms. The summed E-state index contributed by atoms with van der Waals surface area (Å²) in [6.45, 7) is 8.55. The molecule has 0 saturated carbocycles. The predicted molar refractivity (Wildman–Crippen MR) is 96.5 cm³/mol. The van der Waals surface area contributed by atoms with E-state index in [0.717, 1.165) is 43.5 Å². The largest absolute Gasteiger partial charge is 0.379 e. The van der Waals surface area contributed by atoms with Crippen LogP contribution in [0.25, 0.3) is 0 Å².